The molecule has 0 amide bonds. The Morgan fingerprint density at radius 1 is 1.17 bits per heavy atom. The highest BCUT2D eigenvalue weighted by Crippen LogP contribution is 2.34. The number of anilines is 1. The largest absolute Gasteiger partial charge is 0.371 e. The molecule has 1 N–H and O–H groups in total. The summed E-state index contributed by atoms with van der Waals surface area (Å²) in [6.07, 6.45) is 1.85. The van der Waals surface area contributed by atoms with Gasteiger partial charge >= 0.3 is 0 Å². The first-order chi connectivity index (χ1) is 11.2. The Morgan fingerprint density at radius 2 is 1.96 bits per heavy atom. The number of fused-ring (bicyclic) bond motifs is 3. The van der Waals surface area contributed by atoms with Gasteiger partial charge in [0.2, 0.25) is 0 Å². The number of aryl methyl sites for hydroxylation is 2. The quantitative estimate of drug-likeness (QED) is 0.628. The van der Waals surface area contributed by atoms with E-state index in [0.29, 0.717) is 0 Å². The molecule has 0 spiro atoms. The summed E-state index contributed by atoms with van der Waals surface area (Å²) in [5.41, 5.74) is 5.41. The number of nitrogens with zero attached hydrogens (tertiary/aromatic N) is 4. The normalized spacial score (nSPS) is 11.4. The van der Waals surface area contributed by atoms with Gasteiger partial charge < -0.3 is 14.5 Å². The molecule has 3 heterocycles. The van der Waals surface area contributed by atoms with Gasteiger partial charge in [-0.3, -0.25) is 0 Å². The standard InChI is InChI=1S/C18H19N5/c1-4-23-14(12-8-6-5-7-9-12)10-13-16-15(20-11-22(16)3)17(19-2)21-18(13)23/h5-11H,4H2,1-3H3,(H,19,21). The maximum absolute atomic E-state index is 4.83. The van der Waals surface area contributed by atoms with Crippen LogP contribution in [0.5, 0.6) is 0 Å². The van der Waals surface area contributed by atoms with Gasteiger partial charge in [0.15, 0.2) is 5.82 Å². The fourth-order valence-electron chi connectivity index (χ4n) is 3.26. The molecule has 0 fully saturated rings. The molecular formula is C18H19N5. The van der Waals surface area contributed by atoms with Crippen LogP contribution in [0.4, 0.5) is 5.82 Å². The summed E-state index contributed by atoms with van der Waals surface area (Å²) in [6.45, 7) is 3.02. The lowest BCUT2D eigenvalue weighted by Crippen LogP contribution is -2.01. The van der Waals surface area contributed by atoms with Gasteiger partial charge in [-0.05, 0) is 18.6 Å². The fraction of sp³-hybridized carbons (Fsp3) is 0.222. The number of nitrogens with one attached hydrogen (secondary N) is 1. The molecular weight excluding hydrogens is 286 g/mol. The van der Waals surface area contributed by atoms with E-state index >= 15 is 0 Å². The topological polar surface area (TPSA) is 47.7 Å². The zero-order chi connectivity index (χ0) is 16.0. The van der Waals surface area contributed by atoms with Crippen molar-refractivity contribution in [3.05, 3.63) is 42.7 Å². The van der Waals surface area contributed by atoms with Crippen molar-refractivity contribution in [1.29, 1.82) is 0 Å². The molecule has 23 heavy (non-hydrogen) atoms. The lowest BCUT2D eigenvalue weighted by molar-refractivity contribution is 0.796. The zero-order valence-electron chi connectivity index (χ0n) is 13.5. The molecule has 0 bridgehead atoms. The van der Waals surface area contributed by atoms with E-state index in [4.69, 9.17) is 4.98 Å². The third kappa shape index (κ3) is 1.93. The van der Waals surface area contributed by atoms with Crippen LogP contribution in [-0.2, 0) is 13.6 Å². The van der Waals surface area contributed by atoms with E-state index in [2.05, 4.69) is 56.7 Å². The van der Waals surface area contributed by atoms with Crippen LogP contribution < -0.4 is 5.32 Å². The van der Waals surface area contributed by atoms with E-state index in [-0.39, 0.29) is 0 Å². The maximum Gasteiger partial charge on any atom is 0.156 e. The van der Waals surface area contributed by atoms with E-state index < -0.39 is 0 Å². The van der Waals surface area contributed by atoms with Gasteiger partial charge in [-0.2, -0.15) is 0 Å². The predicted octanol–water partition coefficient (Wildman–Crippen LogP) is 3.65. The lowest BCUT2D eigenvalue weighted by atomic mass is 10.1. The van der Waals surface area contributed by atoms with Crippen LogP contribution in [0.3, 0.4) is 0 Å². The Labute approximate surface area is 134 Å². The summed E-state index contributed by atoms with van der Waals surface area (Å²) < 4.78 is 4.33. The van der Waals surface area contributed by atoms with Crippen LogP contribution in [-0.4, -0.2) is 26.1 Å². The van der Waals surface area contributed by atoms with Gasteiger partial charge in [-0.25, -0.2) is 9.97 Å². The smallest absolute Gasteiger partial charge is 0.156 e. The minimum Gasteiger partial charge on any atom is -0.371 e. The van der Waals surface area contributed by atoms with Gasteiger partial charge in [-0.1, -0.05) is 30.3 Å². The molecule has 0 radical (unpaired) electrons. The second-order valence-corrected chi connectivity index (χ2v) is 5.64. The average Bonchev–Trinajstić information content (AvgIpc) is 3.15. The summed E-state index contributed by atoms with van der Waals surface area (Å²) in [5.74, 6) is 0.820. The van der Waals surface area contributed by atoms with Crippen LogP contribution in [0.25, 0.3) is 33.3 Å². The minimum absolute atomic E-state index is 0.820. The van der Waals surface area contributed by atoms with Crippen molar-refractivity contribution < 1.29 is 0 Å². The van der Waals surface area contributed by atoms with Crippen molar-refractivity contribution >= 4 is 27.9 Å². The molecule has 4 aromatic rings. The number of rotatable bonds is 3. The SMILES string of the molecule is CCn1c(-c2ccccc2)cc2c3c(ncn3C)c(NC)nc21. The molecule has 0 atom stereocenters. The Hall–Kier alpha value is -2.82. The van der Waals surface area contributed by atoms with Crippen LogP contribution in [0.15, 0.2) is 42.7 Å². The maximum atomic E-state index is 4.83. The molecule has 3 aromatic heterocycles. The molecule has 5 heteroatoms. The highest BCUT2D eigenvalue weighted by molar-refractivity contribution is 6.07. The summed E-state index contributed by atoms with van der Waals surface area (Å²) in [4.78, 5) is 9.33. The van der Waals surface area contributed by atoms with Gasteiger partial charge in [0.1, 0.15) is 11.2 Å². The number of imidazole rings is 1. The van der Waals surface area contributed by atoms with Crippen LogP contribution in [0.2, 0.25) is 0 Å². The van der Waals surface area contributed by atoms with E-state index in [0.717, 1.165) is 34.4 Å². The molecule has 0 aliphatic carbocycles. The first kappa shape index (κ1) is 13.8. The Balaban J connectivity index is 2.15. The van der Waals surface area contributed by atoms with Crippen LogP contribution >= 0.6 is 0 Å². The van der Waals surface area contributed by atoms with Gasteiger partial charge in [0, 0.05) is 26.0 Å². The number of hydrogen-bond donors (Lipinski definition) is 1. The number of hydrogen-bond acceptors (Lipinski definition) is 3. The Morgan fingerprint density at radius 3 is 2.65 bits per heavy atom. The van der Waals surface area contributed by atoms with E-state index in [1.807, 2.05) is 26.5 Å². The lowest BCUT2D eigenvalue weighted by Gasteiger charge is -2.08. The minimum atomic E-state index is 0.820. The number of benzene rings is 1. The summed E-state index contributed by atoms with van der Waals surface area (Å²) in [7, 11) is 3.92. The second kappa shape index (κ2) is 5.12. The van der Waals surface area contributed by atoms with Crippen molar-refractivity contribution in [2.24, 2.45) is 7.05 Å². The summed E-state index contributed by atoms with van der Waals surface area (Å²) >= 11 is 0. The molecule has 0 saturated carbocycles. The Kier molecular flexibility index (Phi) is 3.08. The first-order valence-electron chi connectivity index (χ1n) is 7.82. The molecule has 1 aromatic carbocycles. The molecule has 0 aliphatic heterocycles. The van der Waals surface area contributed by atoms with E-state index in [1.54, 1.807) is 0 Å². The molecule has 0 unspecified atom stereocenters. The highest BCUT2D eigenvalue weighted by Gasteiger charge is 2.18. The van der Waals surface area contributed by atoms with E-state index in [1.165, 1.54) is 11.3 Å². The van der Waals surface area contributed by atoms with Crippen molar-refractivity contribution in [3.63, 3.8) is 0 Å². The average molecular weight is 305 g/mol. The summed E-state index contributed by atoms with van der Waals surface area (Å²) in [6, 6.07) is 12.7. The number of pyridine rings is 1. The van der Waals surface area contributed by atoms with Crippen molar-refractivity contribution in [3.8, 4) is 11.3 Å². The van der Waals surface area contributed by atoms with Gasteiger partial charge in [0.25, 0.3) is 0 Å². The van der Waals surface area contributed by atoms with Crippen molar-refractivity contribution in [1.82, 2.24) is 19.1 Å². The van der Waals surface area contributed by atoms with Crippen LogP contribution in [0.1, 0.15) is 6.92 Å². The molecule has 5 nitrogen and oxygen atoms in total. The summed E-state index contributed by atoms with van der Waals surface area (Å²) in [5, 5.41) is 4.31. The number of aromatic nitrogens is 4. The molecule has 0 saturated heterocycles. The third-order valence-electron chi connectivity index (χ3n) is 4.33. The van der Waals surface area contributed by atoms with Crippen molar-refractivity contribution in [2.75, 3.05) is 12.4 Å². The second-order valence-electron chi connectivity index (χ2n) is 5.64. The first-order valence-corrected chi connectivity index (χ1v) is 7.82. The Bertz CT molecular complexity index is 995. The van der Waals surface area contributed by atoms with Gasteiger partial charge in [0.05, 0.1) is 17.5 Å². The van der Waals surface area contributed by atoms with Gasteiger partial charge in [-0.15, -0.1) is 0 Å². The molecule has 0 aliphatic rings. The fourth-order valence-corrected chi connectivity index (χ4v) is 3.26. The zero-order valence-corrected chi connectivity index (χ0v) is 13.5. The molecule has 4 rings (SSSR count). The van der Waals surface area contributed by atoms with Crippen molar-refractivity contribution in [2.45, 2.75) is 13.5 Å². The van der Waals surface area contributed by atoms with Crippen LogP contribution in [0, 0.1) is 0 Å². The predicted molar refractivity (Wildman–Crippen MR) is 94.7 cm³/mol. The van der Waals surface area contributed by atoms with E-state index in [9.17, 15) is 0 Å². The third-order valence-corrected chi connectivity index (χ3v) is 4.33. The highest BCUT2D eigenvalue weighted by atomic mass is 15.1. The monoisotopic (exact) mass is 305 g/mol. The molecule has 116 valence electrons.